The van der Waals surface area contributed by atoms with Gasteiger partial charge in [0.05, 0.1) is 11.2 Å². The monoisotopic (exact) mass is 158 g/mol. The second kappa shape index (κ2) is 3.62. The Hall–Kier alpha value is -0.500. The van der Waals surface area contributed by atoms with Crippen LogP contribution in [-0.4, -0.2) is 9.78 Å². The van der Waals surface area contributed by atoms with E-state index in [0.29, 0.717) is 0 Å². The highest BCUT2D eigenvalue weighted by Gasteiger charge is 1.92. The average molecular weight is 159 g/mol. The Morgan fingerprint density at radius 1 is 1.70 bits per heavy atom. The average Bonchev–Trinajstić information content (AvgIpc) is 2.31. The number of unbranched alkanes of at least 4 members (excludes halogenated alkanes) is 1. The van der Waals surface area contributed by atoms with Crippen molar-refractivity contribution in [3.63, 3.8) is 0 Å². The summed E-state index contributed by atoms with van der Waals surface area (Å²) in [5, 5.41) is 4.76. The maximum Gasteiger partial charge on any atom is 0.0785 e. The molecule has 0 atom stereocenters. The van der Waals surface area contributed by atoms with Crippen molar-refractivity contribution in [3.8, 4) is 0 Å². The quantitative estimate of drug-likeness (QED) is 0.661. The minimum atomic E-state index is 0.719. The summed E-state index contributed by atoms with van der Waals surface area (Å²) in [6.45, 7) is 3.13. The summed E-state index contributed by atoms with van der Waals surface area (Å²) in [7, 11) is 0. The van der Waals surface area contributed by atoms with Crippen molar-refractivity contribution in [2.75, 3.05) is 0 Å². The predicted octanol–water partition coefficient (Wildman–Crippen LogP) is 2.34. The Balaban J connectivity index is 2.42. The van der Waals surface area contributed by atoms with Crippen LogP contribution in [0.5, 0.6) is 0 Å². The molecule has 56 valence electrons. The molecule has 3 heteroatoms. The van der Waals surface area contributed by atoms with Crippen molar-refractivity contribution in [1.82, 2.24) is 9.78 Å². The zero-order valence-corrected chi connectivity index (χ0v) is 6.80. The van der Waals surface area contributed by atoms with Crippen LogP contribution in [0.4, 0.5) is 0 Å². The summed E-state index contributed by atoms with van der Waals surface area (Å²) < 4.78 is 1.87. The molecule has 0 radical (unpaired) electrons. The molecule has 0 bridgehead atoms. The SMILES string of the molecule is CCCCn1cc(Cl)cn1. The van der Waals surface area contributed by atoms with Gasteiger partial charge < -0.3 is 0 Å². The molecule has 0 amide bonds. The Kier molecular flexibility index (Phi) is 2.75. The first-order valence-corrected chi connectivity index (χ1v) is 3.88. The smallest absolute Gasteiger partial charge is 0.0785 e. The number of rotatable bonds is 3. The Morgan fingerprint density at radius 3 is 3.00 bits per heavy atom. The number of hydrogen-bond donors (Lipinski definition) is 0. The highest BCUT2D eigenvalue weighted by molar-refractivity contribution is 6.30. The largest absolute Gasteiger partial charge is 0.271 e. The number of nitrogens with zero attached hydrogens (tertiary/aromatic N) is 2. The minimum Gasteiger partial charge on any atom is -0.271 e. The zero-order valence-electron chi connectivity index (χ0n) is 6.05. The standard InChI is InChI=1S/C7H11ClN2/c1-2-3-4-10-6-7(8)5-9-10/h5-6H,2-4H2,1H3. The third-order valence-corrected chi connectivity index (χ3v) is 1.54. The van der Waals surface area contributed by atoms with Crippen LogP contribution in [0.3, 0.4) is 0 Å². The fraction of sp³-hybridized carbons (Fsp3) is 0.571. The normalized spacial score (nSPS) is 10.2. The van der Waals surface area contributed by atoms with Crippen molar-refractivity contribution >= 4 is 11.6 Å². The third-order valence-electron chi connectivity index (χ3n) is 1.34. The van der Waals surface area contributed by atoms with E-state index in [2.05, 4.69) is 12.0 Å². The van der Waals surface area contributed by atoms with E-state index in [-0.39, 0.29) is 0 Å². The van der Waals surface area contributed by atoms with Crippen molar-refractivity contribution in [2.45, 2.75) is 26.3 Å². The van der Waals surface area contributed by atoms with Crippen LogP contribution in [0.1, 0.15) is 19.8 Å². The van der Waals surface area contributed by atoms with E-state index in [1.54, 1.807) is 6.20 Å². The fourth-order valence-corrected chi connectivity index (χ4v) is 0.937. The molecule has 0 aliphatic carbocycles. The fourth-order valence-electron chi connectivity index (χ4n) is 0.781. The van der Waals surface area contributed by atoms with Gasteiger partial charge in [-0.1, -0.05) is 24.9 Å². The molecule has 0 unspecified atom stereocenters. The molecule has 0 N–H and O–H groups in total. The molecular weight excluding hydrogens is 148 g/mol. The zero-order chi connectivity index (χ0) is 7.40. The van der Waals surface area contributed by atoms with Gasteiger partial charge in [0.1, 0.15) is 0 Å². The molecule has 0 aliphatic heterocycles. The Bertz CT molecular complexity index is 195. The molecule has 0 spiro atoms. The van der Waals surface area contributed by atoms with Crippen molar-refractivity contribution in [2.24, 2.45) is 0 Å². The summed E-state index contributed by atoms with van der Waals surface area (Å²) in [6, 6.07) is 0. The van der Waals surface area contributed by atoms with Gasteiger partial charge >= 0.3 is 0 Å². The summed E-state index contributed by atoms with van der Waals surface area (Å²) in [5.41, 5.74) is 0. The van der Waals surface area contributed by atoms with E-state index < -0.39 is 0 Å². The molecule has 0 fully saturated rings. The predicted molar refractivity (Wildman–Crippen MR) is 42.1 cm³/mol. The number of hydrogen-bond acceptors (Lipinski definition) is 1. The lowest BCUT2D eigenvalue weighted by molar-refractivity contribution is 0.572. The molecule has 1 rings (SSSR count). The van der Waals surface area contributed by atoms with Crippen LogP contribution >= 0.6 is 11.6 Å². The molecule has 0 saturated carbocycles. The van der Waals surface area contributed by atoms with Gasteiger partial charge in [0.2, 0.25) is 0 Å². The van der Waals surface area contributed by atoms with Crippen LogP contribution in [0.15, 0.2) is 12.4 Å². The van der Waals surface area contributed by atoms with Gasteiger partial charge in [0, 0.05) is 12.7 Å². The van der Waals surface area contributed by atoms with Crippen LogP contribution in [0.25, 0.3) is 0 Å². The van der Waals surface area contributed by atoms with E-state index in [0.717, 1.165) is 18.0 Å². The number of halogens is 1. The molecule has 0 saturated heterocycles. The molecule has 0 aliphatic rings. The molecule has 0 aromatic carbocycles. The minimum absolute atomic E-state index is 0.719. The molecular formula is C7H11ClN2. The van der Waals surface area contributed by atoms with Gasteiger partial charge in [0.25, 0.3) is 0 Å². The van der Waals surface area contributed by atoms with E-state index in [9.17, 15) is 0 Å². The second-order valence-corrected chi connectivity index (χ2v) is 2.71. The number of aryl methyl sites for hydroxylation is 1. The maximum absolute atomic E-state index is 5.66. The summed E-state index contributed by atoms with van der Waals surface area (Å²) in [4.78, 5) is 0. The molecule has 1 aromatic heterocycles. The highest BCUT2D eigenvalue weighted by atomic mass is 35.5. The lowest BCUT2D eigenvalue weighted by Gasteiger charge is -1.96. The van der Waals surface area contributed by atoms with E-state index in [1.165, 1.54) is 6.42 Å². The van der Waals surface area contributed by atoms with Crippen LogP contribution in [0, 0.1) is 0 Å². The first-order chi connectivity index (χ1) is 4.83. The van der Waals surface area contributed by atoms with Gasteiger partial charge in [-0.25, -0.2) is 0 Å². The van der Waals surface area contributed by atoms with Gasteiger partial charge in [-0.2, -0.15) is 5.10 Å². The summed E-state index contributed by atoms with van der Waals surface area (Å²) >= 11 is 5.66. The van der Waals surface area contributed by atoms with Gasteiger partial charge in [-0.05, 0) is 6.42 Å². The first kappa shape index (κ1) is 7.61. The van der Waals surface area contributed by atoms with Crippen molar-refractivity contribution in [3.05, 3.63) is 17.4 Å². The first-order valence-electron chi connectivity index (χ1n) is 3.51. The van der Waals surface area contributed by atoms with Crippen molar-refractivity contribution < 1.29 is 0 Å². The lowest BCUT2D eigenvalue weighted by atomic mass is 10.3. The Labute approximate surface area is 65.8 Å². The van der Waals surface area contributed by atoms with E-state index in [1.807, 2.05) is 10.9 Å². The highest BCUT2D eigenvalue weighted by Crippen LogP contribution is 2.05. The lowest BCUT2D eigenvalue weighted by Crippen LogP contribution is -1.96. The van der Waals surface area contributed by atoms with Crippen LogP contribution in [0.2, 0.25) is 5.02 Å². The van der Waals surface area contributed by atoms with Gasteiger partial charge in [-0.3, -0.25) is 4.68 Å². The summed E-state index contributed by atoms with van der Waals surface area (Å²) in [5.74, 6) is 0. The summed E-state index contributed by atoms with van der Waals surface area (Å²) in [6.07, 6.45) is 5.86. The van der Waals surface area contributed by atoms with E-state index in [4.69, 9.17) is 11.6 Å². The van der Waals surface area contributed by atoms with Gasteiger partial charge in [-0.15, -0.1) is 0 Å². The third kappa shape index (κ3) is 2.03. The Morgan fingerprint density at radius 2 is 2.50 bits per heavy atom. The number of aromatic nitrogens is 2. The molecule has 2 nitrogen and oxygen atoms in total. The second-order valence-electron chi connectivity index (χ2n) is 2.28. The topological polar surface area (TPSA) is 17.8 Å². The maximum atomic E-state index is 5.66. The van der Waals surface area contributed by atoms with Crippen LogP contribution in [-0.2, 0) is 6.54 Å². The molecule has 1 heterocycles. The van der Waals surface area contributed by atoms with E-state index >= 15 is 0 Å². The van der Waals surface area contributed by atoms with Crippen molar-refractivity contribution in [1.29, 1.82) is 0 Å². The molecule has 1 aromatic rings. The van der Waals surface area contributed by atoms with Crippen LogP contribution < -0.4 is 0 Å². The van der Waals surface area contributed by atoms with Gasteiger partial charge in [0.15, 0.2) is 0 Å². The molecule has 10 heavy (non-hydrogen) atoms.